The van der Waals surface area contributed by atoms with Crippen molar-refractivity contribution >= 4 is 29.5 Å². The van der Waals surface area contributed by atoms with Crippen LogP contribution in [0.1, 0.15) is 24.8 Å². The van der Waals surface area contributed by atoms with E-state index in [1.54, 1.807) is 12.0 Å². The highest BCUT2D eigenvalue weighted by molar-refractivity contribution is 7.98. The van der Waals surface area contributed by atoms with Gasteiger partial charge in [-0.1, -0.05) is 12.1 Å². The maximum atomic E-state index is 12.7. The monoisotopic (exact) mass is 466 g/mol. The maximum absolute atomic E-state index is 12.7. The number of carboxylic acids is 1. The Morgan fingerprint density at radius 2 is 2.19 bits per heavy atom. The number of carboxylic acid groups (broad SMARTS) is 1. The summed E-state index contributed by atoms with van der Waals surface area (Å²) in [5.74, 6) is -0.126. The zero-order valence-corrected chi connectivity index (χ0v) is 19.6. The fourth-order valence-corrected chi connectivity index (χ4v) is 4.39. The van der Waals surface area contributed by atoms with E-state index in [0.717, 1.165) is 24.2 Å². The first-order valence-electron chi connectivity index (χ1n) is 10.7. The van der Waals surface area contributed by atoms with Crippen molar-refractivity contribution in [3.63, 3.8) is 0 Å². The number of hydrogen-bond acceptors (Lipinski definition) is 7. The molecule has 4 N–H and O–H groups in total. The number of rotatable bonds is 13. The van der Waals surface area contributed by atoms with Gasteiger partial charge in [0.25, 0.3) is 0 Å². The molecule has 1 aromatic carbocycles. The smallest absolute Gasteiger partial charge is 0.326 e. The summed E-state index contributed by atoms with van der Waals surface area (Å²) in [5.41, 5.74) is 6.53. The van der Waals surface area contributed by atoms with E-state index in [2.05, 4.69) is 5.32 Å². The van der Waals surface area contributed by atoms with Crippen molar-refractivity contribution in [2.45, 2.75) is 37.9 Å². The first-order valence-corrected chi connectivity index (χ1v) is 12.1. The standard InChI is InChI=1S/C22H34N4O5S/c1-31-18-7-3-5-16(11-18)13-25(14-17-6-4-9-26(17)21(28)12-23)15-20(27)24-19(22(29)30)8-10-32-2/h3,5,7,11,17,19H,4,6,8-10,12-15,23H2,1-2H3,(H,24,27)(H,29,30)/t17-,19-/m0/s1. The number of nitrogens with two attached hydrogens (primary N) is 1. The van der Waals surface area contributed by atoms with Crippen LogP contribution >= 0.6 is 11.8 Å². The molecule has 2 atom stereocenters. The van der Waals surface area contributed by atoms with Crippen LogP contribution < -0.4 is 15.8 Å². The lowest BCUT2D eigenvalue weighted by molar-refractivity contribution is -0.142. The molecule has 10 heteroatoms. The first kappa shape index (κ1) is 26.0. The highest BCUT2D eigenvalue weighted by Gasteiger charge is 2.30. The summed E-state index contributed by atoms with van der Waals surface area (Å²) in [5, 5.41) is 12.1. The topological polar surface area (TPSA) is 125 Å². The number of nitrogens with one attached hydrogen (secondary N) is 1. The summed E-state index contributed by atoms with van der Waals surface area (Å²) in [6.07, 6.45) is 3.99. The summed E-state index contributed by atoms with van der Waals surface area (Å²) in [4.78, 5) is 40.2. The molecule has 0 unspecified atom stereocenters. The highest BCUT2D eigenvalue weighted by atomic mass is 32.2. The van der Waals surface area contributed by atoms with Crippen LogP contribution in [0.5, 0.6) is 5.75 Å². The molecular formula is C22H34N4O5S. The molecule has 0 saturated carbocycles. The van der Waals surface area contributed by atoms with Gasteiger partial charge >= 0.3 is 5.97 Å². The number of ether oxygens (including phenoxy) is 1. The largest absolute Gasteiger partial charge is 0.497 e. The predicted molar refractivity (Wildman–Crippen MR) is 125 cm³/mol. The van der Waals surface area contributed by atoms with Crippen LogP contribution in [0.15, 0.2) is 24.3 Å². The van der Waals surface area contributed by atoms with Gasteiger partial charge in [0.2, 0.25) is 11.8 Å². The molecule has 0 radical (unpaired) electrons. The number of carbonyl (C=O) groups excluding carboxylic acids is 2. The number of methoxy groups -OCH3 is 1. The minimum Gasteiger partial charge on any atom is -0.497 e. The van der Waals surface area contributed by atoms with E-state index in [0.29, 0.717) is 31.8 Å². The summed E-state index contributed by atoms with van der Waals surface area (Å²) in [6.45, 7) is 1.62. The molecule has 178 valence electrons. The van der Waals surface area contributed by atoms with E-state index in [1.807, 2.05) is 35.4 Å². The number of amides is 2. The number of hydrogen-bond donors (Lipinski definition) is 3. The van der Waals surface area contributed by atoms with Gasteiger partial charge in [-0.2, -0.15) is 11.8 Å². The third-order valence-corrected chi connectivity index (χ3v) is 6.14. The summed E-state index contributed by atoms with van der Waals surface area (Å²) in [6, 6.07) is 6.63. The molecule has 1 aromatic rings. The molecule has 1 heterocycles. The van der Waals surface area contributed by atoms with Crippen molar-refractivity contribution < 1.29 is 24.2 Å². The molecule has 9 nitrogen and oxygen atoms in total. The lowest BCUT2D eigenvalue weighted by Gasteiger charge is -2.31. The van der Waals surface area contributed by atoms with Crippen molar-refractivity contribution in [1.29, 1.82) is 0 Å². The Morgan fingerprint density at radius 3 is 2.84 bits per heavy atom. The van der Waals surface area contributed by atoms with E-state index in [9.17, 15) is 19.5 Å². The SMILES string of the molecule is COc1cccc(CN(CC(=O)N[C@@H](CCSC)C(=O)O)C[C@@H]2CCCN2C(=O)CN)c1. The van der Waals surface area contributed by atoms with E-state index in [-0.39, 0.29) is 30.9 Å². The Balaban J connectivity index is 2.12. The zero-order chi connectivity index (χ0) is 23.5. The molecule has 1 saturated heterocycles. The van der Waals surface area contributed by atoms with Gasteiger partial charge in [0.15, 0.2) is 0 Å². The Labute approximate surface area is 193 Å². The number of carbonyl (C=O) groups is 3. The average Bonchev–Trinajstić information content (AvgIpc) is 3.23. The number of likely N-dealkylation sites (tertiary alicyclic amines) is 1. The minimum absolute atomic E-state index is 0.0292. The van der Waals surface area contributed by atoms with Crippen molar-refractivity contribution in [1.82, 2.24) is 15.1 Å². The second-order valence-electron chi connectivity index (χ2n) is 7.85. The Morgan fingerprint density at radius 1 is 1.41 bits per heavy atom. The highest BCUT2D eigenvalue weighted by Crippen LogP contribution is 2.20. The molecule has 0 aliphatic carbocycles. The lowest BCUT2D eigenvalue weighted by Crippen LogP contribution is -2.49. The second-order valence-corrected chi connectivity index (χ2v) is 8.83. The molecule has 2 rings (SSSR count). The van der Waals surface area contributed by atoms with Gasteiger partial charge in [0.1, 0.15) is 11.8 Å². The molecular weight excluding hydrogens is 432 g/mol. The van der Waals surface area contributed by atoms with Crippen molar-refractivity contribution in [2.75, 3.05) is 45.3 Å². The Kier molecular flexibility index (Phi) is 10.8. The van der Waals surface area contributed by atoms with Crippen LogP contribution in [0.25, 0.3) is 0 Å². The van der Waals surface area contributed by atoms with Crippen molar-refractivity contribution in [2.24, 2.45) is 5.73 Å². The quantitative estimate of drug-likeness (QED) is 0.389. The fourth-order valence-electron chi connectivity index (χ4n) is 3.92. The number of nitrogens with zero attached hydrogens (tertiary/aromatic N) is 2. The molecule has 0 spiro atoms. The summed E-state index contributed by atoms with van der Waals surface area (Å²) in [7, 11) is 1.60. The normalized spacial score (nSPS) is 16.8. The number of thioether (sulfide) groups is 1. The van der Waals surface area contributed by atoms with Crippen LogP contribution in [0.3, 0.4) is 0 Å². The van der Waals surface area contributed by atoms with Gasteiger partial charge in [-0.3, -0.25) is 14.5 Å². The van der Waals surface area contributed by atoms with E-state index >= 15 is 0 Å². The molecule has 32 heavy (non-hydrogen) atoms. The van der Waals surface area contributed by atoms with Gasteiger partial charge in [-0.05, 0) is 49.0 Å². The Hall–Kier alpha value is -2.30. The molecule has 1 aliphatic heterocycles. The Bertz CT molecular complexity index is 778. The maximum Gasteiger partial charge on any atom is 0.326 e. The summed E-state index contributed by atoms with van der Waals surface area (Å²) < 4.78 is 5.30. The molecule has 1 aliphatic rings. The third-order valence-electron chi connectivity index (χ3n) is 5.49. The van der Waals surface area contributed by atoms with E-state index in [4.69, 9.17) is 10.5 Å². The molecule has 1 fully saturated rings. The van der Waals surface area contributed by atoms with Gasteiger partial charge in [-0.15, -0.1) is 0 Å². The van der Waals surface area contributed by atoms with Gasteiger partial charge in [-0.25, -0.2) is 4.79 Å². The molecule has 2 amide bonds. The summed E-state index contributed by atoms with van der Waals surface area (Å²) >= 11 is 1.54. The number of aliphatic carboxylic acids is 1. The van der Waals surface area contributed by atoms with Gasteiger partial charge in [0.05, 0.1) is 20.2 Å². The van der Waals surface area contributed by atoms with Crippen LogP contribution in [-0.4, -0.2) is 90.1 Å². The van der Waals surface area contributed by atoms with Crippen molar-refractivity contribution in [3.8, 4) is 5.75 Å². The van der Waals surface area contributed by atoms with E-state index < -0.39 is 12.0 Å². The fraction of sp³-hybridized carbons (Fsp3) is 0.591. The number of benzene rings is 1. The zero-order valence-electron chi connectivity index (χ0n) is 18.8. The van der Waals surface area contributed by atoms with Crippen LogP contribution in [0.4, 0.5) is 0 Å². The lowest BCUT2D eigenvalue weighted by atomic mass is 10.1. The van der Waals surface area contributed by atoms with Gasteiger partial charge < -0.3 is 25.8 Å². The first-order chi connectivity index (χ1) is 15.4. The van der Waals surface area contributed by atoms with Gasteiger partial charge in [0, 0.05) is 25.7 Å². The van der Waals surface area contributed by atoms with Crippen LogP contribution in [0, 0.1) is 0 Å². The van der Waals surface area contributed by atoms with Crippen LogP contribution in [0.2, 0.25) is 0 Å². The molecule has 0 aromatic heterocycles. The predicted octanol–water partition coefficient (Wildman–Crippen LogP) is 0.769. The third kappa shape index (κ3) is 7.99. The van der Waals surface area contributed by atoms with Crippen LogP contribution in [-0.2, 0) is 20.9 Å². The molecule has 0 bridgehead atoms. The van der Waals surface area contributed by atoms with Crippen molar-refractivity contribution in [3.05, 3.63) is 29.8 Å². The second kappa shape index (κ2) is 13.3. The van der Waals surface area contributed by atoms with E-state index in [1.165, 1.54) is 11.8 Å². The minimum atomic E-state index is -1.04. The average molecular weight is 467 g/mol.